The molecule has 0 radical (unpaired) electrons. The lowest BCUT2D eigenvalue weighted by Gasteiger charge is -2.45. The van der Waals surface area contributed by atoms with Gasteiger partial charge in [-0.2, -0.15) is 5.26 Å². The van der Waals surface area contributed by atoms with Gasteiger partial charge in [0, 0.05) is 23.5 Å². The van der Waals surface area contributed by atoms with Gasteiger partial charge in [0.15, 0.2) is 0 Å². The summed E-state index contributed by atoms with van der Waals surface area (Å²) in [5.41, 5.74) is 7.49. The maximum atomic E-state index is 9.36. The molecule has 0 bridgehead atoms. The third-order valence-corrected chi connectivity index (χ3v) is 6.97. The lowest BCUT2D eigenvalue weighted by molar-refractivity contribution is 0.0793. The molecule has 2 aromatic rings. The van der Waals surface area contributed by atoms with Crippen LogP contribution in [0.2, 0.25) is 0 Å². The molecule has 0 amide bonds. The van der Waals surface area contributed by atoms with Crippen LogP contribution in [-0.2, 0) is 0 Å². The highest BCUT2D eigenvalue weighted by molar-refractivity contribution is 5.59. The summed E-state index contributed by atoms with van der Waals surface area (Å²) in [6.07, 6.45) is 6.08. The molecule has 0 spiro atoms. The predicted molar refractivity (Wildman–Crippen MR) is 128 cm³/mol. The molecule has 31 heavy (non-hydrogen) atoms. The van der Waals surface area contributed by atoms with Crippen LogP contribution in [0.25, 0.3) is 0 Å². The Kier molecular flexibility index (Phi) is 5.38. The molecule has 0 aromatic heterocycles. The molecule has 162 valence electrons. The van der Waals surface area contributed by atoms with Crippen LogP contribution in [0.5, 0.6) is 0 Å². The Bertz CT molecular complexity index is 1040. The van der Waals surface area contributed by atoms with Crippen LogP contribution in [0.1, 0.15) is 75.4 Å². The second-order valence-electron chi connectivity index (χ2n) is 11.1. The van der Waals surface area contributed by atoms with Gasteiger partial charge in [-0.15, -0.1) is 0 Å². The van der Waals surface area contributed by atoms with Crippen molar-refractivity contribution in [1.29, 1.82) is 5.26 Å². The highest BCUT2D eigenvalue weighted by atomic mass is 15.3. The smallest absolute Gasteiger partial charge is 0.130 e. The number of nitrogens with zero attached hydrogens (tertiary/aromatic N) is 2. The molecule has 4 rings (SSSR count). The number of rotatable bonds is 3. The number of aryl methyl sites for hydroxylation is 2. The minimum atomic E-state index is 0.0664. The normalized spacial score (nSPS) is 22.5. The molecule has 1 N–H and O–H groups in total. The highest BCUT2D eigenvalue weighted by Gasteiger charge is 2.42. The van der Waals surface area contributed by atoms with E-state index in [2.05, 4.69) is 93.5 Å². The van der Waals surface area contributed by atoms with Crippen molar-refractivity contribution in [2.24, 2.45) is 16.7 Å². The predicted octanol–water partition coefficient (Wildman–Crippen LogP) is 6.98. The number of hydrogen-bond acceptors (Lipinski definition) is 3. The van der Waals surface area contributed by atoms with Crippen molar-refractivity contribution in [3.8, 4) is 6.07 Å². The first-order chi connectivity index (χ1) is 14.6. The van der Waals surface area contributed by atoms with Crippen molar-refractivity contribution in [2.75, 3.05) is 4.90 Å². The maximum absolute atomic E-state index is 9.36. The Labute approximate surface area is 187 Å². The fourth-order valence-electron chi connectivity index (χ4n) is 6.06. The van der Waals surface area contributed by atoms with Gasteiger partial charge in [-0.05, 0) is 78.8 Å². The summed E-state index contributed by atoms with van der Waals surface area (Å²) in [5, 5.41) is 13.3. The largest absolute Gasteiger partial charge is 0.363 e. The fourth-order valence-corrected chi connectivity index (χ4v) is 6.06. The average Bonchev–Trinajstić information content (AvgIpc) is 3.11. The van der Waals surface area contributed by atoms with E-state index in [-0.39, 0.29) is 6.17 Å². The minimum Gasteiger partial charge on any atom is -0.363 e. The van der Waals surface area contributed by atoms with Crippen molar-refractivity contribution in [3.63, 3.8) is 0 Å². The van der Waals surface area contributed by atoms with E-state index in [1.807, 2.05) is 13.0 Å². The van der Waals surface area contributed by atoms with E-state index in [0.29, 0.717) is 16.7 Å². The van der Waals surface area contributed by atoms with Crippen molar-refractivity contribution < 1.29 is 0 Å². The van der Waals surface area contributed by atoms with Gasteiger partial charge < -0.3 is 10.2 Å². The monoisotopic (exact) mass is 413 g/mol. The SMILES string of the molecule is Cc1cc(N2C=C(C3CC(C)(C)CC(C)(C)C3)NC2c2ccccc2C)ccc1C#N. The first-order valence-corrected chi connectivity index (χ1v) is 11.4. The Balaban J connectivity index is 1.75. The summed E-state index contributed by atoms with van der Waals surface area (Å²) in [7, 11) is 0. The summed E-state index contributed by atoms with van der Waals surface area (Å²) in [6.45, 7) is 13.9. The molecule has 1 unspecified atom stereocenters. The van der Waals surface area contributed by atoms with E-state index in [1.165, 1.54) is 36.1 Å². The van der Waals surface area contributed by atoms with Crippen LogP contribution in [0.3, 0.4) is 0 Å². The number of anilines is 1. The van der Waals surface area contributed by atoms with Gasteiger partial charge in [0.2, 0.25) is 0 Å². The van der Waals surface area contributed by atoms with E-state index < -0.39 is 0 Å². The van der Waals surface area contributed by atoms with Gasteiger partial charge >= 0.3 is 0 Å². The van der Waals surface area contributed by atoms with Crippen molar-refractivity contribution in [2.45, 2.75) is 67.0 Å². The molecule has 3 heteroatoms. The Morgan fingerprint density at radius 1 is 0.968 bits per heavy atom. The maximum Gasteiger partial charge on any atom is 0.130 e. The first-order valence-electron chi connectivity index (χ1n) is 11.4. The molecule has 1 aliphatic carbocycles. The van der Waals surface area contributed by atoms with Crippen molar-refractivity contribution in [3.05, 3.63) is 76.6 Å². The third-order valence-electron chi connectivity index (χ3n) is 6.97. The molecule has 1 heterocycles. The Hall–Kier alpha value is -2.73. The second kappa shape index (κ2) is 7.75. The minimum absolute atomic E-state index is 0.0664. The van der Waals surface area contributed by atoms with Gasteiger partial charge in [0.05, 0.1) is 11.6 Å². The molecule has 1 saturated carbocycles. The summed E-state index contributed by atoms with van der Waals surface area (Å²) < 4.78 is 0. The molecule has 1 atom stereocenters. The van der Waals surface area contributed by atoms with E-state index >= 15 is 0 Å². The Morgan fingerprint density at radius 3 is 2.26 bits per heavy atom. The summed E-state index contributed by atoms with van der Waals surface area (Å²) in [6, 6.07) is 17.1. The van der Waals surface area contributed by atoms with E-state index in [1.54, 1.807) is 0 Å². The molecule has 2 aliphatic rings. The van der Waals surface area contributed by atoms with Crippen LogP contribution >= 0.6 is 0 Å². The third kappa shape index (κ3) is 4.35. The van der Waals surface area contributed by atoms with Gasteiger partial charge in [-0.3, -0.25) is 0 Å². The number of nitriles is 1. The van der Waals surface area contributed by atoms with Crippen molar-refractivity contribution in [1.82, 2.24) is 5.32 Å². The van der Waals surface area contributed by atoms with Crippen molar-refractivity contribution >= 4 is 5.69 Å². The van der Waals surface area contributed by atoms with Gasteiger partial charge in [-0.25, -0.2) is 0 Å². The zero-order valence-electron chi connectivity index (χ0n) is 19.8. The summed E-state index contributed by atoms with van der Waals surface area (Å²) in [4.78, 5) is 2.36. The standard InChI is InChI=1S/C28H35N3/c1-19-9-7-8-10-24(19)26-30-25(22-14-27(3,4)18-28(5,6)15-22)17-31(26)23-12-11-21(16-29)20(2)13-23/h7-13,17,22,26,30H,14-15,18H2,1-6H3. The Morgan fingerprint density at radius 2 is 1.65 bits per heavy atom. The first kappa shape index (κ1) is 21.5. The van der Waals surface area contributed by atoms with Crippen LogP contribution < -0.4 is 10.2 Å². The average molecular weight is 414 g/mol. The van der Waals surface area contributed by atoms with Crippen LogP contribution in [0.4, 0.5) is 5.69 Å². The van der Waals surface area contributed by atoms with Crippen LogP contribution in [0, 0.1) is 41.9 Å². The summed E-state index contributed by atoms with van der Waals surface area (Å²) >= 11 is 0. The second-order valence-corrected chi connectivity index (χ2v) is 11.1. The molecule has 2 aromatic carbocycles. The van der Waals surface area contributed by atoms with Gasteiger partial charge in [-0.1, -0.05) is 52.0 Å². The number of allylic oxidation sites excluding steroid dienone is 1. The molecular formula is C28H35N3. The fraction of sp³-hybridized carbons (Fsp3) is 0.464. The lowest BCUT2D eigenvalue weighted by Crippen LogP contribution is -2.37. The molecule has 3 nitrogen and oxygen atoms in total. The van der Waals surface area contributed by atoms with Crippen LogP contribution in [-0.4, -0.2) is 0 Å². The van der Waals surface area contributed by atoms with E-state index in [0.717, 1.165) is 16.8 Å². The van der Waals surface area contributed by atoms with E-state index in [9.17, 15) is 5.26 Å². The number of benzene rings is 2. The van der Waals surface area contributed by atoms with Crippen LogP contribution in [0.15, 0.2) is 54.4 Å². The lowest BCUT2D eigenvalue weighted by atomic mass is 9.61. The zero-order valence-corrected chi connectivity index (χ0v) is 19.8. The summed E-state index contributed by atoms with van der Waals surface area (Å²) in [5.74, 6) is 0.523. The van der Waals surface area contributed by atoms with Gasteiger partial charge in [0.25, 0.3) is 0 Å². The van der Waals surface area contributed by atoms with Gasteiger partial charge in [0.1, 0.15) is 6.17 Å². The topological polar surface area (TPSA) is 39.1 Å². The number of hydrogen-bond donors (Lipinski definition) is 1. The molecule has 1 fully saturated rings. The van der Waals surface area contributed by atoms with E-state index in [4.69, 9.17) is 0 Å². The molecule has 1 aliphatic heterocycles. The highest BCUT2D eigenvalue weighted by Crippen LogP contribution is 2.51. The quantitative estimate of drug-likeness (QED) is 0.590. The molecule has 0 saturated heterocycles. The molecular weight excluding hydrogens is 378 g/mol. The number of nitrogens with one attached hydrogen (secondary N) is 1. The zero-order chi connectivity index (χ0) is 22.4.